The van der Waals surface area contributed by atoms with Crippen LogP contribution in [0.4, 0.5) is 14.5 Å². The van der Waals surface area contributed by atoms with Crippen molar-refractivity contribution in [2.75, 3.05) is 5.32 Å². The van der Waals surface area contributed by atoms with Gasteiger partial charge in [-0.25, -0.2) is 8.78 Å². The van der Waals surface area contributed by atoms with E-state index in [9.17, 15) is 8.78 Å². The maximum absolute atomic E-state index is 13.1. The number of hydrogen-bond acceptors (Lipinski definition) is 1. The van der Waals surface area contributed by atoms with E-state index >= 15 is 0 Å². The van der Waals surface area contributed by atoms with Gasteiger partial charge in [-0.05, 0) is 54.4 Å². The highest BCUT2D eigenvalue weighted by molar-refractivity contribution is 9.10. The Morgan fingerprint density at radius 3 is 2.61 bits per heavy atom. The van der Waals surface area contributed by atoms with Gasteiger partial charge in [-0.15, -0.1) is 0 Å². The summed E-state index contributed by atoms with van der Waals surface area (Å²) < 4.78 is 27.0. The minimum atomic E-state index is -0.273. The summed E-state index contributed by atoms with van der Waals surface area (Å²) in [5.74, 6) is -0.502. The zero-order valence-electron chi connectivity index (χ0n) is 9.81. The van der Waals surface area contributed by atoms with Crippen molar-refractivity contribution in [3.05, 3.63) is 63.6 Å². The van der Waals surface area contributed by atoms with Gasteiger partial charge < -0.3 is 5.32 Å². The molecule has 0 radical (unpaired) electrons. The molecule has 1 nitrogen and oxygen atoms in total. The lowest BCUT2D eigenvalue weighted by Crippen LogP contribution is -2.01. The molecule has 94 valence electrons. The first kappa shape index (κ1) is 13.0. The van der Waals surface area contributed by atoms with Crippen molar-refractivity contribution >= 4 is 21.6 Å². The largest absolute Gasteiger partial charge is 0.381 e. The van der Waals surface area contributed by atoms with E-state index in [1.807, 2.05) is 0 Å². The standard InChI is InChI=1S/C14H12BrF2N/c1-9-6-12(3-5-14(9)17)18-8-10-7-11(16)2-4-13(10)15/h2-7,18H,8H2,1H3. The molecule has 4 heteroatoms. The molecule has 0 fully saturated rings. The minimum Gasteiger partial charge on any atom is -0.381 e. The molecule has 2 aromatic rings. The van der Waals surface area contributed by atoms with Crippen molar-refractivity contribution in [3.8, 4) is 0 Å². The summed E-state index contributed by atoms with van der Waals surface area (Å²) in [6.45, 7) is 2.18. The Kier molecular flexibility index (Phi) is 3.97. The van der Waals surface area contributed by atoms with Crippen LogP contribution in [0.5, 0.6) is 0 Å². The summed E-state index contributed by atoms with van der Waals surface area (Å²) >= 11 is 3.36. The van der Waals surface area contributed by atoms with Crippen LogP contribution < -0.4 is 5.32 Å². The number of anilines is 1. The van der Waals surface area contributed by atoms with Gasteiger partial charge in [0.2, 0.25) is 0 Å². The van der Waals surface area contributed by atoms with Gasteiger partial charge in [-0.3, -0.25) is 0 Å². The fourth-order valence-corrected chi connectivity index (χ4v) is 2.02. The molecular weight excluding hydrogens is 300 g/mol. The highest BCUT2D eigenvalue weighted by Gasteiger charge is 2.03. The lowest BCUT2D eigenvalue weighted by Gasteiger charge is -2.09. The maximum atomic E-state index is 13.1. The predicted octanol–water partition coefficient (Wildman–Crippen LogP) is 4.65. The van der Waals surface area contributed by atoms with Crippen molar-refractivity contribution in [2.45, 2.75) is 13.5 Å². The van der Waals surface area contributed by atoms with Crippen molar-refractivity contribution < 1.29 is 8.78 Å². The first-order valence-electron chi connectivity index (χ1n) is 5.50. The van der Waals surface area contributed by atoms with Gasteiger partial charge in [0.25, 0.3) is 0 Å². The molecule has 0 spiro atoms. The molecule has 0 saturated carbocycles. The van der Waals surface area contributed by atoms with Crippen LogP contribution >= 0.6 is 15.9 Å². The van der Waals surface area contributed by atoms with Crippen LogP contribution in [-0.4, -0.2) is 0 Å². The van der Waals surface area contributed by atoms with Crippen LogP contribution in [0.2, 0.25) is 0 Å². The lowest BCUT2D eigenvalue weighted by molar-refractivity contribution is 0.618. The second-order valence-electron chi connectivity index (χ2n) is 4.05. The third kappa shape index (κ3) is 3.07. The van der Waals surface area contributed by atoms with Crippen LogP contribution in [-0.2, 0) is 6.54 Å². The Bertz CT molecular complexity index is 570. The topological polar surface area (TPSA) is 12.0 Å². The lowest BCUT2D eigenvalue weighted by atomic mass is 10.2. The van der Waals surface area contributed by atoms with Gasteiger partial charge in [-0.2, -0.15) is 0 Å². The minimum absolute atomic E-state index is 0.229. The van der Waals surface area contributed by atoms with E-state index in [1.54, 1.807) is 25.1 Å². The molecule has 2 aromatic carbocycles. The van der Waals surface area contributed by atoms with Gasteiger partial charge in [0.15, 0.2) is 0 Å². The molecule has 0 aliphatic carbocycles. The molecular formula is C14H12BrF2N. The zero-order valence-corrected chi connectivity index (χ0v) is 11.4. The highest BCUT2D eigenvalue weighted by Crippen LogP contribution is 2.20. The summed E-state index contributed by atoms with van der Waals surface area (Å²) in [6, 6.07) is 9.34. The second kappa shape index (κ2) is 5.48. The maximum Gasteiger partial charge on any atom is 0.126 e. The summed E-state index contributed by atoms with van der Waals surface area (Å²) in [6.07, 6.45) is 0. The molecule has 1 N–H and O–H groups in total. The number of benzene rings is 2. The number of aryl methyl sites for hydroxylation is 1. The van der Waals surface area contributed by atoms with E-state index in [4.69, 9.17) is 0 Å². The molecule has 2 rings (SSSR count). The summed E-state index contributed by atoms with van der Waals surface area (Å²) in [5, 5.41) is 3.13. The van der Waals surface area contributed by atoms with Crippen LogP contribution in [0, 0.1) is 18.6 Å². The SMILES string of the molecule is Cc1cc(NCc2cc(F)ccc2Br)ccc1F. The summed E-state index contributed by atoms with van der Waals surface area (Å²) in [5.41, 5.74) is 2.21. The third-order valence-corrected chi connectivity index (χ3v) is 3.42. The van der Waals surface area contributed by atoms with Gasteiger partial charge in [0, 0.05) is 16.7 Å². The number of halogens is 3. The number of hydrogen-bond donors (Lipinski definition) is 1. The monoisotopic (exact) mass is 311 g/mol. The van der Waals surface area contributed by atoms with Crippen LogP contribution in [0.1, 0.15) is 11.1 Å². The number of rotatable bonds is 3. The Morgan fingerprint density at radius 2 is 1.89 bits per heavy atom. The molecule has 0 atom stereocenters. The predicted molar refractivity (Wildman–Crippen MR) is 72.6 cm³/mol. The fourth-order valence-electron chi connectivity index (χ4n) is 1.63. The van der Waals surface area contributed by atoms with Crippen molar-refractivity contribution in [2.24, 2.45) is 0 Å². The van der Waals surface area contributed by atoms with Gasteiger partial charge >= 0.3 is 0 Å². The first-order valence-corrected chi connectivity index (χ1v) is 6.29. The van der Waals surface area contributed by atoms with Gasteiger partial charge in [0.05, 0.1) is 0 Å². The van der Waals surface area contributed by atoms with Crippen LogP contribution in [0.15, 0.2) is 40.9 Å². The second-order valence-corrected chi connectivity index (χ2v) is 4.91. The Hall–Kier alpha value is -1.42. The summed E-state index contributed by atoms with van der Waals surface area (Å²) in [4.78, 5) is 0. The quantitative estimate of drug-likeness (QED) is 0.870. The van der Waals surface area contributed by atoms with Crippen LogP contribution in [0.3, 0.4) is 0 Å². The average molecular weight is 312 g/mol. The Labute approximate surface area is 113 Å². The zero-order chi connectivity index (χ0) is 13.1. The normalized spacial score (nSPS) is 10.4. The molecule has 0 unspecified atom stereocenters. The smallest absolute Gasteiger partial charge is 0.126 e. The fraction of sp³-hybridized carbons (Fsp3) is 0.143. The first-order chi connectivity index (χ1) is 8.56. The van der Waals surface area contributed by atoms with Gasteiger partial charge in [-0.1, -0.05) is 15.9 Å². The molecule has 18 heavy (non-hydrogen) atoms. The Balaban J connectivity index is 2.11. The van der Waals surface area contributed by atoms with E-state index in [2.05, 4.69) is 21.2 Å². The van der Waals surface area contributed by atoms with Crippen LogP contribution in [0.25, 0.3) is 0 Å². The van der Waals surface area contributed by atoms with E-state index in [1.165, 1.54) is 18.2 Å². The molecule has 0 aliphatic rings. The molecule has 0 saturated heterocycles. The van der Waals surface area contributed by atoms with E-state index < -0.39 is 0 Å². The van der Waals surface area contributed by atoms with Crippen molar-refractivity contribution in [1.82, 2.24) is 0 Å². The third-order valence-electron chi connectivity index (χ3n) is 2.65. The molecule has 0 bridgehead atoms. The van der Waals surface area contributed by atoms with Crippen molar-refractivity contribution in [1.29, 1.82) is 0 Å². The van der Waals surface area contributed by atoms with E-state index in [-0.39, 0.29) is 11.6 Å². The van der Waals surface area contributed by atoms with E-state index in [0.29, 0.717) is 12.1 Å². The van der Waals surface area contributed by atoms with E-state index in [0.717, 1.165) is 15.7 Å². The molecule has 0 aromatic heterocycles. The average Bonchev–Trinajstić information content (AvgIpc) is 2.34. The summed E-state index contributed by atoms with van der Waals surface area (Å²) in [7, 11) is 0. The van der Waals surface area contributed by atoms with Crippen molar-refractivity contribution in [3.63, 3.8) is 0 Å². The number of nitrogens with one attached hydrogen (secondary N) is 1. The molecule has 0 heterocycles. The molecule has 0 aliphatic heterocycles. The Morgan fingerprint density at radius 1 is 1.11 bits per heavy atom. The van der Waals surface area contributed by atoms with Gasteiger partial charge in [0.1, 0.15) is 11.6 Å². The molecule has 0 amide bonds. The highest BCUT2D eigenvalue weighted by atomic mass is 79.9.